The number of pyridine rings is 1. The Hall–Kier alpha value is -4.76. The van der Waals surface area contributed by atoms with Gasteiger partial charge in [-0.05, 0) is 23.9 Å². The molecule has 1 aliphatic heterocycles. The molecule has 0 aliphatic carbocycles. The zero-order valence-electron chi connectivity index (χ0n) is 20.1. The van der Waals surface area contributed by atoms with Crippen LogP contribution in [0, 0.1) is 34.0 Å². The summed E-state index contributed by atoms with van der Waals surface area (Å²) in [5.41, 5.74) is 13.8. The van der Waals surface area contributed by atoms with Gasteiger partial charge in [0.1, 0.15) is 45.9 Å². The molecule has 3 heterocycles. The third-order valence-electron chi connectivity index (χ3n) is 5.65. The van der Waals surface area contributed by atoms with Gasteiger partial charge in [-0.2, -0.15) is 15.8 Å². The molecule has 0 bridgehead atoms. The third-order valence-corrected chi connectivity index (χ3v) is 7.51. The second-order valence-corrected chi connectivity index (χ2v) is 9.72. The monoisotopic (exact) mass is 540 g/mol. The zero-order chi connectivity index (χ0) is 27.2. The van der Waals surface area contributed by atoms with Gasteiger partial charge >= 0.3 is 5.97 Å². The zero-order valence-corrected chi connectivity index (χ0v) is 21.7. The number of ether oxygens (including phenoxy) is 2. The molecule has 38 heavy (non-hydrogen) atoms. The van der Waals surface area contributed by atoms with Crippen molar-refractivity contribution in [3.05, 3.63) is 87.3 Å². The molecule has 3 aromatic rings. The van der Waals surface area contributed by atoms with Gasteiger partial charge in [-0.1, -0.05) is 48.2 Å². The van der Waals surface area contributed by atoms with Crippen LogP contribution in [-0.4, -0.2) is 23.3 Å². The van der Waals surface area contributed by atoms with Crippen LogP contribution in [0.15, 0.2) is 75.7 Å². The topological polar surface area (TPSA) is 172 Å². The van der Waals surface area contributed by atoms with Gasteiger partial charge in [-0.25, -0.2) is 9.78 Å². The van der Waals surface area contributed by atoms with Gasteiger partial charge in [0.15, 0.2) is 0 Å². The maximum absolute atomic E-state index is 13.2. The summed E-state index contributed by atoms with van der Waals surface area (Å²) in [6.45, 7) is 1.79. The first-order valence-corrected chi connectivity index (χ1v) is 13.1. The highest BCUT2D eigenvalue weighted by atomic mass is 32.2. The average Bonchev–Trinajstić information content (AvgIpc) is 3.46. The molecular formula is C27H20N6O3S2. The first-order valence-electron chi connectivity index (χ1n) is 11.3. The van der Waals surface area contributed by atoms with Crippen LogP contribution in [0.2, 0.25) is 0 Å². The van der Waals surface area contributed by atoms with Crippen LogP contribution in [0.1, 0.15) is 29.5 Å². The molecule has 0 fully saturated rings. The minimum absolute atomic E-state index is 0.0186. The highest BCUT2D eigenvalue weighted by Gasteiger charge is 2.37. The van der Waals surface area contributed by atoms with Crippen molar-refractivity contribution < 1.29 is 14.3 Å². The Labute approximate surface area is 227 Å². The number of allylic oxidation sites excluding steroid dienone is 1. The predicted octanol–water partition coefficient (Wildman–Crippen LogP) is 4.55. The molecule has 4 N–H and O–H groups in total. The molecule has 1 aromatic carbocycles. The van der Waals surface area contributed by atoms with Crippen molar-refractivity contribution in [1.29, 1.82) is 15.8 Å². The van der Waals surface area contributed by atoms with Crippen molar-refractivity contribution >= 4 is 34.9 Å². The number of thiophene rings is 1. The van der Waals surface area contributed by atoms with Gasteiger partial charge in [0.2, 0.25) is 5.88 Å². The first-order chi connectivity index (χ1) is 18.4. The number of nitriles is 3. The largest absolute Gasteiger partial charge is 0.463 e. The number of rotatable bonds is 7. The van der Waals surface area contributed by atoms with Crippen LogP contribution in [0.3, 0.4) is 0 Å². The summed E-state index contributed by atoms with van der Waals surface area (Å²) in [4.78, 5) is 18.2. The van der Waals surface area contributed by atoms with Gasteiger partial charge in [-0.15, -0.1) is 11.3 Å². The summed E-state index contributed by atoms with van der Waals surface area (Å²) in [7, 11) is 0. The predicted molar refractivity (Wildman–Crippen MR) is 143 cm³/mol. The van der Waals surface area contributed by atoms with Crippen LogP contribution in [0.5, 0.6) is 0 Å². The van der Waals surface area contributed by atoms with E-state index in [9.17, 15) is 20.6 Å². The van der Waals surface area contributed by atoms with Crippen molar-refractivity contribution in [3.63, 3.8) is 0 Å². The fourth-order valence-corrected chi connectivity index (χ4v) is 5.76. The van der Waals surface area contributed by atoms with E-state index < -0.39 is 11.9 Å². The molecule has 9 nitrogen and oxygen atoms in total. The second kappa shape index (κ2) is 11.5. The number of thioether (sulfide) groups is 1. The van der Waals surface area contributed by atoms with Gasteiger partial charge in [0.25, 0.3) is 0 Å². The van der Waals surface area contributed by atoms with Crippen LogP contribution in [0.4, 0.5) is 5.82 Å². The second-order valence-electron chi connectivity index (χ2n) is 7.81. The Kier molecular flexibility index (Phi) is 7.98. The van der Waals surface area contributed by atoms with E-state index in [2.05, 4.69) is 17.1 Å². The van der Waals surface area contributed by atoms with Crippen molar-refractivity contribution in [1.82, 2.24) is 4.98 Å². The van der Waals surface area contributed by atoms with Crippen molar-refractivity contribution in [2.45, 2.75) is 17.9 Å². The van der Waals surface area contributed by atoms with Crippen LogP contribution < -0.4 is 11.5 Å². The number of carbonyl (C=O) groups excluding carboxylic acids is 1. The minimum Gasteiger partial charge on any atom is -0.463 e. The fourth-order valence-electron chi connectivity index (χ4n) is 4.04. The summed E-state index contributed by atoms with van der Waals surface area (Å²) < 4.78 is 11.1. The van der Waals surface area contributed by atoms with Crippen LogP contribution >= 0.6 is 23.1 Å². The Morgan fingerprint density at radius 3 is 2.45 bits per heavy atom. The Bertz CT molecular complexity index is 1580. The van der Waals surface area contributed by atoms with E-state index in [4.69, 9.17) is 20.9 Å². The number of aromatic nitrogens is 1. The standard InChI is InChI=1S/C27H20N6O3S2/c1-2-35-27(34)23-19(36-25(32)17(12-29)21(23)15-7-4-3-5-8-15)14-38-26-18(13-30)22(20-9-6-10-37-20)16(11-28)24(31)33-26/h3-10,21H,2,14,32H2,1H3,(H2,31,33)/t21-/m0/s1. The highest BCUT2D eigenvalue weighted by Crippen LogP contribution is 2.42. The molecule has 4 rings (SSSR count). The van der Waals surface area contributed by atoms with Gasteiger partial charge in [0.05, 0.1) is 29.4 Å². The molecule has 1 aliphatic rings. The van der Waals surface area contributed by atoms with Gasteiger partial charge < -0.3 is 20.9 Å². The van der Waals surface area contributed by atoms with Crippen molar-refractivity contribution in [3.8, 4) is 28.6 Å². The smallest absolute Gasteiger partial charge is 0.338 e. The number of carbonyl (C=O) groups is 1. The Morgan fingerprint density at radius 1 is 1.11 bits per heavy atom. The van der Waals surface area contributed by atoms with E-state index in [-0.39, 0.29) is 57.1 Å². The summed E-state index contributed by atoms with van der Waals surface area (Å²) in [6, 6.07) is 18.8. The number of nitrogens with zero attached hydrogens (tertiary/aromatic N) is 4. The number of hydrogen-bond acceptors (Lipinski definition) is 11. The van der Waals surface area contributed by atoms with E-state index in [0.29, 0.717) is 16.0 Å². The average molecular weight is 541 g/mol. The number of esters is 1. The van der Waals surface area contributed by atoms with Crippen molar-refractivity contribution in [2.24, 2.45) is 5.73 Å². The number of anilines is 1. The van der Waals surface area contributed by atoms with E-state index in [1.807, 2.05) is 23.6 Å². The summed E-state index contributed by atoms with van der Waals surface area (Å²) in [5.74, 6) is -1.41. The molecule has 0 unspecified atom stereocenters. The minimum atomic E-state index is -0.805. The maximum atomic E-state index is 13.2. The lowest BCUT2D eigenvalue weighted by molar-refractivity contribution is -0.139. The lowest BCUT2D eigenvalue weighted by Gasteiger charge is -2.28. The maximum Gasteiger partial charge on any atom is 0.338 e. The molecular weight excluding hydrogens is 520 g/mol. The quantitative estimate of drug-likeness (QED) is 0.320. The SMILES string of the molecule is CCOC(=O)C1=C(CSc2nc(N)c(C#N)c(-c3cccs3)c2C#N)OC(N)=C(C#N)[C@@H]1c1ccccc1. The van der Waals surface area contributed by atoms with E-state index in [1.54, 1.807) is 37.3 Å². The first kappa shape index (κ1) is 26.3. The Morgan fingerprint density at radius 2 is 1.84 bits per heavy atom. The summed E-state index contributed by atoms with van der Waals surface area (Å²) in [5, 5.41) is 31.7. The lowest BCUT2D eigenvalue weighted by atomic mass is 9.83. The number of nitrogen functional groups attached to an aromatic ring is 1. The molecule has 1 atom stereocenters. The third kappa shape index (κ3) is 4.91. The molecule has 2 aromatic heterocycles. The van der Waals surface area contributed by atoms with E-state index in [1.165, 1.54) is 11.3 Å². The highest BCUT2D eigenvalue weighted by molar-refractivity contribution is 7.99. The molecule has 188 valence electrons. The van der Waals surface area contributed by atoms with E-state index >= 15 is 0 Å². The number of nitrogens with two attached hydrogens (primary N) is 2. The van der Waals surface area contributed by atoms with Gasteiger partial charge in [0, 0.05) is 10.4 Å². The van der Waals surface area contributed by atoms with Crippen LogP contribution in [-0.2, 0) is 14.3 Å². The van der Waals surface area contributed by atoms with Crippen molar-refractivity contribution in [2.75, 3.05) is 18.1 Å². The summed E-state index contributed by atoms with van der Waals surface area (Å²) >= 11 is 2.47. The normalized spacial score (nSPS) is 14.7. The number of hydrogen-bond donors (Lipinski definition) is 2. The molecule has 11 heteroatoms. The van der Waals surface area contributed by atoms with E-state index in [0.717, 1.165) is 11.8 Å². The molecule has 0 radical (unpaired) electrons. The fraction of sp³-hybridized carbons (Fsp3) is 0.148. The Balaban J connectivity index is 1.83. The molecule has 0 saturated carbocycles. The van der Waals surface area contributed by atoms with Gasteiger partial charge in [-0.3, -0.25) is 0 Å². The lowest BCUT2D eigenvalue weighted by Crippen LogP contribution is -2.27. The molecule has 0 saturated heterocycles. The molecule has 0 spiro atoms. The molecule has 0 amide bonds. The number of benzene rings is 1. The summed E-state index contributed by atoms with van der Waals surface area (Å²) in [6.07, 6.45) is 0. The van der Waals surface area contributed by atoms with Crippen LogP contribution in [0.25, 0.3) is 10.4 Å².